The van der Waals surface area contributed by atoms with E-state index in [4.69, 9.17) is 5.11 Å². The second-order valence-electron chi connectivity index (χ2n) is 8.43. The number of carbonyl (C=O) groups is 4. The van der Waals surface area contributed by atoms with Crippen molar-refractivity contribution < 1.29 is 24.3 Å². The molecule has 0 bridgehead atoms. The van der Waals surface area contributed by atoms with Gasteiger partial charge in [-0.15, -0.1) is 0 Å². The van der Waals surface area contributed by atoms with Crippen molar-refractivity contribution in [3.05, 3.63) is 18.5 Å². The number of carboxylic acid groups (broad SMARTS) is 1. The molecule has 10 heteroatoms. The van der Waals surface area contributed by atoms with Gasteiger partial charge in [-0.3, -0.25) is 19.2 Å². The topological polar surface area (TPSA) is 133 Å². The Kier molecular flexibility index (Phi) is 6.33. The molecule has 0 spiro atoms. The van der Waals surface area contributed by atoms with Crippen LogP contribution in [0.3, 0.4) is 0 Å². The van der Waals surface area contributed by atoms with E-state index in [-0.39, 0.29) is 12.3 Å². The van der Waals surface area contributed by atoms with Crippen LogP contribution >= 0.6 is 0 Å². The van der Waals surface area contributed by atoms with E-state index in [1.54, 1.807) is 23.4 Å². The standard InChI is InChI=1S/C20H27N5O5/c1-20(2)10-14(26)16(17(29)23-11-15(27)28)18(30)25(20)12-13-4-8-24(9-5-13)19-21-6-3-7-22-19/h3,6-7,13,16H,4-5,8-12H2,1-2H3,(H,23,29)(H,27,28). The fourth-order valence-corrected chi connectivity index (χ4v) is 4.10. The van der Waals surface area contributed by atoms with Gasteiger partial charge in [0.15, 0.2) is 11.7 Å². The molecule has 2 amide bonds. The number of carbonyl (C=O) groups excluding carboxylic acids is 3. The lowest BCUT2D eigenvalue weighted by molar-refractivity contribution is -0.158. The van der Waals surface area contributed by atoms with E-state index in [0.29, 0.717) is 12.5 Å². The lowest BCUT2D eigenvalue weighted by Gasteiger charge is -2.46. The zero-order valence-electron chi connectivity index (χ0n) is 17.2. The molecule has 0 aliphatic carbocycles. The Morgan fingerprint density at radius 2 is 1.83 bits per heavy atom. The molecule has 10 nitrogen and oxygen atoms in total. The van der Waals surface area contributed by atoms with Crippen molar-refractivity contribution in [1.29, 1.82) is 0 Å². The second kappa shape index (κ2) is 8.76. The van der Waals surface area contributed by atoms with Gasteiger partial charge in [-0.05, 0) is 38.7 Å². The van der Waals surface area contributed by atoms with Gasteiger partial charge < -0.3 is 20.2 Å². The molecule has 2 aliphatic heterocycles. The first kappa shape index (κ1) is 21.7. The predicted octanol–water partition coefficient (Wildman–Crippen LogP) is 0.0900. The van der Waals surface area contributed by atoms with E-state index in [1.807, 2.05) is 13.8 Å². The quantitative estimate of drug-likeness (QED) is 0.622. The number of hydrogen-bond donors (Lipinski definition) is 2. The Hall–Kier alpha value is -3.04. The van der Waals surface area contributed by atoms with Crippen LogP contribution in [-0.2, 0) is 19.2 Å². The summed E-state index contributed by atoms with van der Waals surface area (Å²) in [5, 5.41) is 10.9. The van der Waals surface area contributed by atoms with Crippen molar-refractivity contribution in [1.82, 2.24) is 20.2 Å². The van der Waals surface area contributed by atoms with Crippen LogP contribution in [0.15, 0.2) is 18.5 Å². The number of ketones is 1. The summed E-state index contributed by atoms with van der Waals surface area (Å²) in [4.78, 5) is 60.8. The fraction of sp³-hybridized carbons (Fsp3) is 0.600. The van der Waals surface area contributed by atoms with E-state index < -0.39 is 41.6 Å². The minimum absolute atomic E-state index is 0.0561. The number of aromatic nitrogens is 2. The molecule has 1 unspecified atom stereocenters. The summed E-state index contributed by atoms with van der Waals surface area (Å²) < 4.78 is 0. The van der Waals surface area contributed by atoms with Crippen molar-refractivity contribution >= 4 is 29.5 Å². The molecule has 0 aromatic carbocycles. The monoisotopic (exact) mass is 417 g/mol. The molecule has 2 aliphatic rings. The van der Waals surface area contributed by atoms with Crippen LogP contribution in [-0.4, -0.2) is 75.3 Å². The molecule has 2 fully saturated rings. The van der Waals surface area contributed by atoms with Gasteiger partial charge in [0, 0.05) is 44.0 Å². The maximum absolute atomic E-state index is 13.1. The summed E-state index contributed by atoms with van der Waals surface area (Å²) in [5.41, 5.74) is -0.697. The van der Waals surface area contributed by atoms with E-state index >= 15 is 0 Å². The molecule has 0 saturated carbocycles. The van der Waals surface area contributed by atoms with E-state index in [2.05, 4.69) is 20.2 Å². The Morgan fingerprint density at radius 3 is 2.43 bits per heavy atom. The highest BCUT2D eigenvalue weighted by Crippen LogP contribution is 2.32. The molecule has 1 aromatic heterocycles. The number of aliphatic carboxylic acids is 1. The Bertz CT molecular complexity index is 820. The zero-order valence-corrected chi connectivity index (χ0v) is 17.2. The summed E-state index contributed by atoms with van der Waals surface area (Å²) >= 11 is 0. The summed E-state index contributed by atoms with van der Waals surface area (Å²) in [6.45, 7) is 4.99. The minimum atomic E-state index is -1.48. The third kappa shape index (κ3) is 4.74. The van der Waals surface area contributed by atoms with Crippen LogP contribution in [0, 0.1) is 11.8 Å². The highest BCUT2D eigenvalue weighted by Gasteiger charge is 2.49. The van der Waals surface area contributed by atoms with Gasteiger partial charge in [-0.2, -0.15) is 0 Å². The minimum Gasteiger partial charge on any atom is -0.480 e. The lowest BCUT2D eigenvalue weighted by atomic mass is 9.81. The highest BCUT2D eigenvalue weighted by atomic mass is 16.4. The van der Waals surface area contributed by atoms with Crippen molar-refractivity contribution in [3.63, 3.8) is 0 Å². The van der Waals surface area contributed by atoms with Crippen LogP contribution in [0.1, 0.15) is 33.1 Å². The number of amides is 2. The van der Waals surface area contributed by atoms with Crippen molar-refractivity contribution in [2.75, 3.05) is 31.1 Å². The van der Waals surface area contributed by atoms with Gasteiger partial charge in [-0.1, -0.05) is 0 Å². The molecule has 1 atom stereocenters. The molecule has 1 aromatic rings. The van der Waals surface area contributed by atoms with Crippen molar-refractivity contribution in [2.24, 2.45) is 11.8 Å². The normalized spacial score (nSPS) is 22.1. The van der Waals surface area contributed by atoms with E-state index in [9.17, 15) is 19.2 Å². The van der Waals surface area contributed by atoms with Crippen molar-refractivity contribution in [3.8, 4) is 0 Å². The summed E-state index contributed by atoms with van der Waals surface area (Å²) in [5.74, 6) is -3.66. The predicted molar refractivity (Wildman–Crippen MR) is 107 cm³/mol. The summed E-state index contributed by atoms with van der Waals surface area (Å²) in [6.07, 6.45) is 5.14. The molecule has 162 valence electrons. The van der Waals surface area contributed by atoms with Crippen LogP contribution in [0.4, 0.5) is 5.95 Å². The van der Waals surface area contributed by atoms with Crippen LogP contribution in [0.25, 0.3) is 0 Å². The average Bonchev–Trinajstić information content (AvgIpc) is 2.70. The number of anilines is 1. The number of carboxylic acids is 1. The van der Waals surface area contributed by atoms with Crippen LogP contribution in [0.2, 0.25) is 0 Å². The number of piperidine rings is 2. The first-order valence-electron chi connectivity index (χ1n) is 10.0. The Morgan fingerprint density at radius 1 is 1.20 bits per heavy atom. The first-order chi connectivity index (χ1) is 14.2. The maximum Gasteiger partial charge on any atom is 0.322 e. The summed E-state index contributed by atoms with van der Waals surface area (Å²) in [6, 6.07) is 1.77. The Labute approximate surface area is 174 Å². The number of hydrogen-bond acceptors (Lipinski definition) is 7. The molecule has 3 rings (SSSR count). The highest BCUT2D eigenvalue weighted by molar-refractivity contribution is 6.20. The fourth-order valence-electron chi connectivity index (χ4n) is 4.10. The van der Waals surface area contributed by atoms with Gasteiger partial charge in [-0.25, -0.2) is 9.97 Å². The Balaban J connectivity index is 1.65. The lowest BCUT2D eigenvalue weighted by Crippen LogP contribution is -2.62. The molecule has 0 radical (unpaired) electrons. The molecule has 30 heavy (non-hydrogen) atoms. The third-order valence-corrected chi connectivity index (χ3v) is 5.74. The van der Waals surface area contributed by atoms with Crippen molar-refractivity contribution in [2.45, 2.75) is 38.6 Å². The largest absolute Gasteiger partial charge is 0.480 e. The van der Waals surface area contributed by atoms with E-state index in [0.717, 1.165) is 25.9 Å². The van der Waals surface area contributed by atoms with Crippen LogP contribution < -0.4 is 10.2 Å². The summed E-state index contributed by atoms with van der Waals surface area (Å²) in [7, 11) is 0. The van der Waals surface area contributed by atoms with Gasteiger partial charge >= 0.3 is 5.97 Å². The van der Waals surface area contributed by atoms with Gasteiger partial charge in [0.2, 0.25) is 17.8 Å². The number of Topliss-reactive ketones (excluding diaryl/α,β-unsaturated/α-hetero) is 1. The van der Waals surface area contributed by atoms with Crippen LogP contribution in [0.5, 0.6) is 0 Å². The average molecular weight is 417 g/mol. The molecular formula is C20H27N5O5. The maximum atomic E-state index is 13.1. The molecular weight excluding hydrogens is 390 g/mol. The number of nitrogens with one attached hydrogen (secondary N) is 1. The first-order valence-corrected chi connectivity index (χ1v) is 10.0. The second-order valence-corrected chi connectivity index (χ2v) is 8.43. The van der Waals surface area contributed by atoms with Gasteiger partial charge in [0.1, 0.15) is 6.54 Å². The number of rotatable bonds is 6. The van der Waals surface area contributed by atoms with Gasteiger partial charge in [0.25, 0.3) is 0 Å². The molecule has 3 heterocycles. The zero-order chi connectivity index (χ0) is 21.9. The SMILES string of the molecule is CC1(C)CC(=O)C(C(=O)NCC(=O)O)C(=O)N1CC1CCN(c2ncccn2)CC1. The third-order valence-electron chi connectivity index (χ3n) is 5.74. The number of likely N-dealkylation sites (tertiary alicyclic amines) is 1. The smallest absolute Gasteiger partial charge is 0.322 e. The van der Waals surface area contributed by atoms with E-state index in [1.165, 1.54) is 0 Å². The van der Waals surface area contributed by atoms with Gasteiger partial charge in [0.05, 0.1) is 0 Å². The molecule has 2 N–H and O–H groups in total. The molecule has 2 saturated heterocycles. The number of nitrogens with zero attached hydrogens (tertiary/aromatic N) is 4.